The highest BCUT2D eigenvalue weighted by atomic mass is 16.5. The summed E-state index contributed by atoms with van der Waals surface area (Å²) in [5.74, 6) is 0. The highest BCUT2D eigenvalue weighted by Crippen LogP contribution is 2.01. The van der Waals surface area contributed by atoms with E-state index in [9.17, 15) is 4.79 Å². The quantitative estimate of drug-likeness (QED) is 0.686. The number of nitrogens with two attached hydrogens (primary N) is 1. The third-order valence-corrected chi connectivity index (χ3v) is 2.67. The Balaban J connectivity index is 1.96. The van der Waals surface area contributed by atoms with Gasteiger partial charge in [-0.2, -0.15) is 0 Å². The number of ether oxygens (including phenoxy) is 2. The number of benzene rings is 1. The summed E-state index contributed by atoms with van der Waals surface area (Å²) in [5, 5.41) is 2.72. The molecular formula is C16H26N2O3. The van der Waals surface area contributed by atoms with Gasteiger partial charge in [0, 0.05) is 18.7 Å². The Morgan fingerprint density at radius 1 is 1.24 bits per heavy atom. The zero-order valence-electron chi connectivity index (χ0n) is 12.9. The molecule has 0 aliphatic rings. The van der Waals surface area contributed by atoms with Crippen LogP contribution in [-0.2, 0) is 16.1 Å². The van der Waals surface area contributed by atoms with Crippen molar-refractivity contribution in [3.05, 3.63) is 35.9 Å². The van der Waals surface area contributed by atoms with Gasteiger partial charge in [-0.25, -0.2) is 4.79 Å². The first-order valence-corrected chi connectivity index (χ1v) is 7.28. The van der Waals surface area contributed by atoms with Gasteiger partial charge >= 0.3 is 6.09 Å². The Morgan fingerprint density at radius 2 is 1.95 bits per heavy atom. The molecule has 0 atom stereocenters. The molecule has 118 valence electrons. The van der Waals surface area contributed by atoms with Gasteiger partial charge in [0.05, 0.1) is 6.61 Å². The largest absolute Gasteiger partial charge is 0.445 e. The van der Waals surface area contributed by atoms with Crippen LogP contribution in [0.25, 0.3) is 0 Å². The average Bonchev–Trinajstić information content (AvgIpc) is 2.44. The minimum Gasteiger partial charge on any atom is -0.445 e. The fourth-order valence-corrected chi connectivity index (χ4v) is 1.63. The second kappa shape index (κ2) is 9.37. The maximum atomic E-state index is 11.5. The highest BCUT2D eigenvalue weighted by Gasteiger charge is 2.09. The predicted octanol–water partition coefficient (Wildman–Crippen LogP) is 2.45. The number of hydrogen-bond acceptors (Lipinski definition) is 4. The lowest BCUT2D eigenvalue weighted by atomic mass is 10.1. The number of carbonyl (C=O) groups is 1. The van der Waals surface area contributed by atoms with Crippen LogP contribution in [0.2, 0.25) is 0 Å². The Kier molecular flexibility index (Phi) is 7.79. The van der Waals surface area contributed by atoms with Crippen molar-refractivity contribution in [3.8, 4) is 0 Å². The SMILES string of the molecule is CC(C)(N)COCCCCNC(=O)OCc1ccccc1. The molecule has 0 spiro atoms. The average molecular weight is 294 g/mol. The number of rotatable bonds is 9. The van der Waals surface area contributed by atoms with Crippen LogP contribution in [0.5, 0.6) is 0 Å². The van der Waals surface area contributed by atoms with Crippen molar-refractivity contribution in [1.29, 1.82) is 0 Å². The topological polar surface area (TPSA) is 73.6 Å². The first-order chi connectivity index (χ1) is 9.97. The second-order valence-corrected chi connectivity index (χ2v) is 5.74. The molecule has 5 nitrogen and oxygen atoms in total. The molecule has 1 aromatic carbocycles. The molecular weight excluding hydrogens is 268 g/mol. The molecule has 0 radical (unpaired) electrons. The van der Waals surface area contributed by atoms with Crippen molar-refractivity contribution in [2.24, 2.45) is 5.73 Å². The Morgan fingerprint density at radius 3 is 2.62 bits per heavy atom. The van der Waals surface area contributed by atoms with Crippen LogP contribution >= 0.6 is 0 Å². The van der Waals surface area contributed by atoms with E-state index in [1.165, 1.54) is 0 Å². The van der Waals surface area contributed by atoms with E-state index in [0.29, 0.717) is 26.4 Å². The van der Waals surface area contributed by atoms with Crippen LogP contribution in [0.4, 0.5) is 4.79 Å². The summed E-state index contributed by atoms with van der Waals surface area (Å²) in [6.45, 7) is 5.93. The van der Waals surface area contributed by atoms with Crippen molar-refractivity contribution >= 4 is 6.09 Å². The van der Waals surface area contributed by atoms with Gasteiger partial charge in [0.25, 0.3) is 0 Å². The molecule has 3 N–H and O–H groups in total. The molecule has 1 amide bonds. The molecule has 0 unspecified atom stereocenters. The molecule has 0 aromatic heterocycles. The third kappa shape index (κ3) is 9.87. The van der Waals surface area contributed by atoms with Gasteiger partial charge in [-0.3, -0.25) is 0 Å². The van der Waals surface area contributed by atoms with Crippen LogP contribution in [-0.4, -0.2) is 31.4 Å². The minimum absolute atomic E-state index is 0.292. The molecule has 0 fully saturated rings. The first kappa shape index (κ1) is 17.5. The fraction of sp³-hybridized carbons (Fsp3) is 0.562. The molecule has 1 aromatic rings. The van der Waals surface area contributed by atoms with E-state index < -0.39 is 0 Å². The Bertz CT molecular complexity index is 402. The van der Waals surface area contributed by atoms with E-state index in [4.69, 9.17) is 15.2 Å². The summed E-state index contributed by atoms with van der Waals surface area (Å²) in [6, 6.07) is 9.60. The lowest BCUT2D eigenvalue weighted by Crippen LogP contribution is -2.37. The summed E-state index contributed by atoms with van der Waals surface area (Å²) < 4.78 is 10.5. The first-order valence-electron chi connectivity index (χ1n) is 7.28. The number of amides is 1. The second-order valence-electron chi connectivity index (χ2n) is 5.74. The maximum absolute atomic E-state index is 11.5. The smallest absolute Gasteiger partial charge is 0.407 e. The van der Waals surface area contributed by atoms with E-state index in [0.717, 1.165) is 18.4 Å². The number of hydrogen-bond donors (Lipinski definition) is 2. The van der Waals surface area contributed by atoms with E-state index in [1.807, 2.05) is 44.2 Å². The molecule has 0 bridgehead atoms. The summed E-state index contributed by atoms with van der Waals surface area (Å²) >= 11 is 0. The van der Waals surface area contributed by atoms with Crippen molar-refractivity contribution in [1.82, 2.24) is 5.32 Å². The van der Waals surface area contributed by atoms with E-state index in [1.54, 1.807) is 0 Å². The molecule has 5 heteroatoms. The van der Waals surface area contributed by atoms with Gasteiger partial charge in [0.2, 0.25) is 0 Å². The number of alkyl carbamates (subject to hydrolysis) is 1. The molecule has 0 aliphatic carbocycles. The van der Waals surface area contributed by atoms with Crippen molar-refractivity contribution < 1.29 is 14.3 Å². The summed E-state index contributed by atoms with van der Waals surface area (Å²) in [7, 11) is 0. The van der Waals surface area contributed by atoms with Gasteiger partial charge in [-0.1, -0.05) is 30.3 Å². The third-order valence-electron chi connectivity index (χ3n) is 2.67. The molecule has 0 heterocycles. The standard InChI is InChI=1S/C16H26N2O3/c1-16(2,17)13-20-11-7-6-10-18-15(19)21-12-14-8-4-3-5-9-14/h3-5,8-9H,6-7,10-13,17H2,1-2H3,(H,18,19). The molecule has 0 aliphatic heterocycles. The van der Waals surface area contributed by atoms with Gasteiger partial charge in [0.1, 0.15) is 6.61 Å². The summed E-state index contributed by atoms with van der Waals surface area (Å²) in [5.41, 5.74) is 6.48. The van der Waals surface area contributed by atoms with Crippen LogP contribution in [0.3, 0.4) is 0 Å². The van der Waals surface area contributed by atoms with Gasteiger partial charge in [0.15, 0.2) is 0 Å². The number of carbonyl (C=O) groups excluding carboxylic acids is 1. The van der Waals surface area contributed by atoms with Crippen molar-refractivity contribution in [3.63, 3.8) is 0 Å². The zero-order valence-corrected chi connectivity index (χ0v) is 12.9. The molecule has 0 saturated carbocycles. The number of nitrogens with one attached hydrogen (secondary N) is 1. The Hall–Kier alpha value is -1.59. The summed E-state index contributed by atoms with van der Waals surface area (Å²) in [6.07, 6.45) is 1.35. The zero-order chi connectivity index (χ0) is 15.6. The Labute approximate surface area is 126 Å². The summed E-state index contributed by atoms with van der Waals surface area (Å²) in [4.78, 5) is 11.5. The van der Waals surface area contributed by atoms with Crippen molar-refractivity contribution in [2.45, 2.75) is 38.8 Å². The minimum atomic E-state index is -0.386. The monoisotopic (exact) mass is 294 g/mol. The molecule has 1 rings (SSSR count). The van der Waals surface area contributed by atoms with E-state index in [-0.39, 0.29) is 11.6 Å². The van der Waals surface area contributed by atoms with E-state index in [2.05, 4.69) is 5.32 Å². The molecule has 0 saturated heterocycles. The fourth-order valence-electron chi connectivity index (χ4n) is 1.63. The van der Waals surface area contributed by atoms with Crippen molar-refractivity contribution in [2.75, 3.05) is 19.8 Å². The van der Waals surface area contributed by atoms with Gasteiger partial charge in [-0.05, 0) is 32.3 Å². The number of unbranched alkanes of at least 4 members (excludes halogenated alkanes) is 1. The van der Waals surface area contributed by atoms with Crippen LogP contribution < -0.4 is 11.1 Å². The lowest BCUT2D eigenvalue weighted by Gasteiger charge is -2.18. The van der Waals surface area contributed by atoms with Crippen LogP contribution in [0.1, 0.15) is 32.3 Å². The van der Waals surface area contributed by atoms with Gasteiger partial charge in [-0.15, -0.1) is 0 Å². The predicted molar refractivity (Wildman–Crippen MR) is 82.9 cm³/mol. The van der Waals surface area contributed by atoms with E-state index >= 15 is 0 Å². The van der Waals surface area contributed by atoms with Gasteiger partial charge < -0.3 is 20.5 Å². The molecule has 21 heavy (non-hydrogen) atoms. The van der Waals surface area contributed by atoms with Crippen LogP contribution in [0.15, 0.2) is 30.3 Å². The highest BCUT2D eigenvalue weighted by molar-refractivity contribution is 5.67. The lowest BCUT2D eigenvalue weighted by molar-refractivity contribution is 0.0940. The maximum Gasteiger partial charge on any atom is 0.407 e. The normalized spacial score (nSPS) is 11.2. The van der Waals surface area contributed by atoms with Crippen LogP contribution in [0, 0.1) is 0 Å².